The zero-order valence-corrected chi connectivity index (χ0v) is 28.7. The van der Waals surface area contributed by atoms with Crippen LogP contribution in [-0.4, -0.2) is 0 Å². The van der Waals surface area contributed by atoms with Gasteiger partial charge in [0.2, 0.25) is 0 Å². The number of benzene rings is 10. The number of rotatable bonds is 2. The first kappa shape index (κ1) is 28.6. The highest BCUT2D eigenvalue weighted by Gasteiger charge is 2.37. The van der Waals surface area contributed by atoms with Gasteiger partial charge < -0.3 is 0 Å². The SMILES string of the molecule is CC1(C)c2ccccc2-c2c1cc(-c1c3ccccc3c(-c3ccc4c5ccccc5c5ccccc5c4c3)c3ccccc13)c1ccccc21. The number of fused-ring (bicyclic) bond motifs is 13. The smallest absolute Gasteiger partial charge is 0.0159 e. The van der Waals surface area contributed by atoms with Crippen LogP contribution in [0.3, 0.4) is 0 Å². The van der Waals surface area contributed by atoms with Crippen LogP contribution >= 0.6 is 0 Å². The van der Waals surface area contributed by atoms with Gasteiger partial charge in [-0.2, -0.15) is 0 Å². The van der Waals surface area contributed by atoms with Gasteiger partial charge in [0.05, 0.1) is 0 Å². The Kier molecular flexibility index (Phi) is 5.82. The Labute approximate surface area is 297 Å². The lowest BCUT2D eigenvalue weighted by Crippen LogP contribution is -2.15. The van der Waals surface area contributed by atoms with Gasteiger partial charge in [-0.15, -0.1) is 0 Å². The molecular formula is C51H34. The zero-order valence-electron chi connectivity index (χ0n) is 28.7. The van der Waals surface area contributed by atoms with Crippen molar-refractivity contribution in [3.63, 3.8) is 0 Å². The lowest BCUT2D eigenvalue weighted by Gasteiger charge is -2.24. The summed E-state index contributed by atoms with van der Waals surface area (Å²) in [4.78, 5) is 0. The molecule has 0 spiro atoms. The summed E-state index contributed by atoms with van der Waals surface area (Å²) < 4.78 is 0. The summed E-state index contributed by atoms with van der Waals surface area (Å²) in [5.74, 6) is 0. The average molecular weight is 647 g/mol. The van der Waals surface area contributed by atoms with Gasteiger partial charge in [-0.05, 0) is 121 Å². The molecule has 10 aromatic rings. The quantitative estimate of drug-likeness (QED) is 0.129. The van der Waals surface area contributed by atoms with Crippen LogP contribution in [0.25, 0.3) is 98.0 Å². The molecular weight excluding hydrogens is 613 g/mol. The Morgan fingerprint density at radius 3 is 1.25 bits per heavy atom. The van der Waals surface area contributed by atoms with Crippen LogP contribution in [-0.2, 0) is 5.41 Å². The van der Waals surface area contributed by atoms with E-state index >= 15 is 0 Å². The third-order valence-corrected chi connectivity index (χ3v) is 11.8. The van der Waals surface area contributed by atoms with Crippen LogP contribution in [0.4, 0.5) is 0 Å². The molecule has 238 valence electrons. The van der Waals surface area contributed by atoms with E-state index in [1.54, 1.807) is 0 Å². The van der Waals surface area contributed by atoms with Gasteiger partial charge in [0, 0.05) is 5.41 Å². The van der Waals surface area contributed by atoms with Crippen molar-refractivity contribution >= 4 is 64.6 Å². The average Bonchev–Trinajstić information content (AvgIpc) is 3.42. The van der Waals surface area contributed by atoms with Crippen LogP contribution in [0.15, 0.2) is 170 Å². The third-order valence-electron chi connectivity index (χ3n) is 11.8. The van der Waals surface area contributed by atoms with Crippen LogP contribution in [0.1, 0.15) is 25.0 Å². The van der Waals surface area contributed by atoms with Gasteiger partial charge in [-0.25, -0.2) is 0 Å². The summed E-state index contributed by atoms with van der Waals surface area (Å²) >= 11 is 0. The summed E-state index contributed by atoms with van der Waals surface area (Å²) in [6.07, 6.45) is 0. The lowest BCUT2D eigenvalue weighted by molar-refractivity contribution is 0.661. The molecule has 0 aromatic heterocycles. The van der Waals surface area contributed by atoms with Crippen molar-refractivity contribution in [2.45, 2.75) is 19.3 Å². The molecule has 0 aliphatic heterocycles. The lowest BCUT2D eigenvalue weighted by atomic mass is 9.79. The molecule has 0 atom stereocenters. The molecule has 0 amide bonds. The van der Waals surface area contributed by atoms with E-state index in [0.29, 0.717) is 0 Å². The molecule has 0 heterocycles. The van der Waals surface area contributed by atoms with Gasteiger partial charge >= 0.3 is 0 Å². The van der Waals surface area contributed by atoms with Crippen LogP contribution in [0.5, 0.6) is 0 Å². The van der Waals surface area contributed by atoms with Crippen molar-refractivity contribution in [1.29, 1.82) is 0 Å². The molecule has 10 aromatic carbocycles. The molecule has 1 aliphatic rings. The van der Waals surface area contributed by atoms with E-state index in [9.17, 15) is 0 Å². The van der Waals surface area contributed by atoms with E-state index in [2.05, 4.69) is 184 Å². The predicted molar refractivity (Wildman–Crippen MR) is 220 cm³/mol. The molecule has 0 bridgehead atoms. The van der Waals surface area contributed by atoms with Crippen molar-refractivity contribution in [2.75, 3.05) is 0 Å². The number of hydrogen-bond acceptors (Lipinski definition) is 0. The normalized spacial score (nSPS) is 13.5. The predicted octanol–water partition coefficient (Wildman–Crippen LogP) is 14.2. The van der Waals surface area contributed by atoms with Gasteiger partial charge in [-0.1, -0.05) is 172 Å². The Morgan fingerprint density at radius 1 is 0.275 bits per heavy atom. The van der Waals surface area contributed by atoms with E-state index in [1.165, 1.54) is 109 Å². The zero-order chi connectivity index (χ0) is 33.8. The molecule has 0 radical (unpaired) electrons. The van der Waals surface area contributed by atoms with Crippen molar-refractivity contribution in [2.24, 2.45) is 0 Å². The summed E-state index contributed by atoms with van der Waals surface area (Å²) in [5, 5.41) is 15.6. The molecule has 0 N–H and O–H groups in total. The van der Waals surface area contributed by atoms with E-state index in [1.807, 2.05) is 0 Å². The standard InChI is InChI=1S/C51H34/c1-51(2)46-26-14-13-25-43(46)50-38-20-8-7-19-36(38)45(30-47(50)51)49-41-23-11-9-21-39(41)48(40-22-10-12-24-42(40)49)31-27-28-37-34-17-4-3-15-32(34)33-16-5-6-18-35(33)44(37)29-31/h3-30H,1-2H3. The monoisotopic (exact) mass is 646 g/mol. The fraction of sp³-hybridized carbons (Fsp3) is 0.0588. The Bertz CT molecular complexity index is 3010. The Morgan fingerprint density at radius 2 is 0.686 bits per heavy atom. The Hall–Kier alpha value is -6.24. The maximum Gasteiger partial charge on any atom is 0.0159 e. The van der Waals surface area contributed by atoms with E-state index in [-0.39, 0.29) is 5.41 Å². The third kappa shape index (κ3) is 3.85. The van der Waals surface area contributed by atoms with Crippen LogP contribution in [0, 0.1) is 0 Å². The maximum atomic E-state index is 2.53. The molecule has 0 heteroatoms. The molecule has 0 saturated carbocycles. The fourth-order valence-electron chi connectivity index (χ4n) is 9.55. The van der Waals surface area contributed by atoms with Gasteiger partial charge in [0.1, 0.15) is 0 Å². The molecule has 11 rings (SSSR count). The van der Waals surface area contributed by atoms with E-state index in [0.717, 1.165) is 0 Å². The van der Waals surface area contributed by atoms with Crippen molar-refractivity contribution in [3.05, 3.63) is 181 Å². The molecule has 1 aliphatic carbocycles. The topological polar surface area (TPSA) is 0 Å². The summed E-state index contributed by atoms with van der Waals surface area (Å²) in [6, 6.07) is 63.6. The second-order valence-electron chi connectivity index (χ2n) is 14.8. The highest BCUT2D eigenvalue weighted by atomic mass is 14.4. The molecule has 51 heavy (non-hydrogen) atoms. The summed E-state index contributed by atoms with van der Waals surface area (Å²) in [6.45, 7) is 4.78. The molecule has 0 unspecified atom stereocenters. The van der Waals surface area contributed by atoms with Gasteiger partial charge in [0.25, 0.3) is 0 Å². The molecule has 0 saturated heterocycles. The maximum absolute atomic E-state index is 2.53. The highest BCUT2D eigenvalue weighted by molar-refractivity contribution is 6.28. The van der Waals surface area contributed by atoms with Crippen LogP contribution < -0.4 is 0 Å². The summed E-state index contributed by atoms with van der Waals surface area (Å²) in [7, 11) is 0. The second kappa shape index (κ2) is 10.4. The fourth-order valence-corrected chi connectivity index (χ4v) is 9.55. The van der Waals surface area contributed by atoms with E-state index < -0.39 is 0 Å². The molecule has 0 fully saturated rings. The minimum absolute atomic E-state index is 0.103. The second-order valence-corrected chi connectivity index (χ2v) is 14.8. The van der Waals surface area contributed by atoms with Crippen molar-refractivity contribution in [3.8, 4) is 33.4 Å². The Balaban J connectivity index is 1.26. The first-order valence-electron chi connectivity index (χ1n) is 18.0. The first-order chi connectivity index (χ1) is 25.1. The van der Waals surface area contributed by atoms with Crippen molar-refractivity contribution < 1.29 is 0 Å². The van der Waals surface area contributed by atoms with Gasteiger partial charge in [-0.3, -0.25) is 0 Å². The highest BCUT2D eigenvalue weighted by Crippen LogP contribution is 2.55. The van der Waals surface area contributed by atoms with Crippen molar-refractivity contribution in [1.82, 2.24) is 0 Å². The number of hydrogen-bond donors (Lipinski definition) is 0. The van der Waals surface area contributed by atoms with Gasteiger partial charge in [0.15, 0.2) is 0 Å². The van der Waals surface area contributed by atoms with E-state index in [4.69, 9.17) is 0 Å². The minimum Gasteiger partial charge on any atom is -0.0619 e. The largest absolute Gasteiger partial charge is 0.0619 e. The first-order valence-corrected chi connectivity index (χ1v) is 18.0. The summed E-state index contributed by atoms with van der Waals surface area (Å²) in [5.41, 5.74) is 10.6. The minimum atomic E-state index is -0.103. The van der Waals surface area contributed by atoms with Crippen LogP contribution in [0.2, 0.25) is 0 Å². The molecule has 0 nitrogen and oxygen atoms in total.